The van der Waals surface area contributed by atoms with E-state index in [9.17, 15) is 14.4 Å². The molecule has 0 fully saturated rings. The van der Waals surface area contributed by atoms with E-state index < -0.39 is 11.9 Å². The fourth-order valence-electron chi connectivity index (χ4n) is 3.54. The van der Waals surface area contributed by atoms with E-state index in [0.717, 1.165) is 0 Å². The van der Waals surface area contributed by atoms with Gasteiger partial charge in [0.05, 0.1) is 16.5 Å². The minimum absolute atomic E-state index is 0.0106. The number of hydrogen-bond acceptors (Lipinski definition) is 6. The van der Waals surface area contributed by atoms with Crippen LogP contribution in [0.15, 0.2) is 118 Å². The Labute approximate surface area is 200 Å². The number of ether oxygens (including phenoxy) is 2. The van der Waals surface area contributed by atoms with Crippen molar-refractivity contribution in [3.63, 3.8) is 0 Å². The zero-order valence-electron chi connectivity index (χ0n) is 18.3. The minimum atomic E-state index is -0.625. The lowest BCUT2D eigenvalue weighted by atomic mass is 10.1. The van der Waals surface area contributed by atoms with Gasteiger partial charge in [-0.3, -0.25) is 4.79 Å². The van der Waals surface area contributed by atoms with Gasteiger partial charge >= 0.3 is 11.9 Å². The molecule has 0 amide bonds. The Morgan fingerprint density at radius 1 is 0.600 bits per heavy atom. The number of para-hydroxylation sites is 1. The van der Waals surface area contributed by atoms with Crippen LogP contribution in [0, 0.1) is 0 Å². The van der Waals surface area contributed by atoms with Crippen LogP contribution in [0.3, 0.4) is 0 Å². The number of esters is 2. The molecule has 0 atom stereocenters. The lowest BCUT2D eigenvalue weighted by Crippen LogP contribution is -2.12. The molecule has 0 N–H and O–H groups in total. The molecule has 0 aliphatic carbocycles. The summed E-state index contributed by atoms with van der Waals surface area (Å²) in [4.78, 5) is 38.0. The van der Waals surface area contributed by atoms with Crippen LogP contribution >= 0.6 is 0 Å². The summed E-state index contributed by atoms with van der Waals surface area (Å²) in [6.07, 6.45) is 0. The van der Waals surface area contributed by atoms with E-state index >= 15 is 0 Å². The topological polar surface area (TPSA) is 82.8 Å². The maximum absolute atomic E-state index is 12.8. The van der Waals surface area contributed by atoms with E-state index in [0.29, 0.717) is 27.7 Å². The van der Waals surface area contributed by atoms with Crippen LogP contribution in [0.1, 0.15) is 20.7 Å². The van der Waals surface area contributed by atoms with Crippen molar-refractivity contribution >= 4 is 22.9 Å². The number of benzene rings is 4. The van der Waals surface area contributed by atoms with Crippen LogP contribution in [-0.4, -0.2) is 11.9 Å². The number of rotatable bonds is 5. The molecule has 0 saturated carbocycles. The number of carbonyl (C=O) groups excluding carboxylic acids is 2. The smallest absolute Gasteiger partial charge is 0.343 e. The number of hydrogen-bond donors (Lipinski definition) is 0. The van der Waals surface area contributed by atoms with Crippen LogP contribution in [0.4, 0.5) is 0 Å². The predicted octanol–water partition coefficient (Wildman–Crippen LogP) is 5.90. The number of carbonyl (C=O) groups is 2. The van der Waals surface area contributed by atoms with E-state index in [-0.39, 0.29) is 22.7 Å². The van der Waals surface area contributed by atoms with Crippen molar-refractivity contribution in [3.8, 4) is 22.8 Å². The molecule has 170 valence electrons. The minimum Gasteiger partial charge on any atom is -0.456 e. The molecule has 0 saturated heterocycles. The summed E-state index contributed by atoms with van der Waals surface area (Å²) >= 11 is 0. The molecule has 1 heterocycles. The highest BCUT2D eigenvalue weighted by Gasteiger charge is 2.18. The summed E-state index contributed by atoms with van der Waals surface area (Å²) < 4.78 is 17.1. The Morgan fingerprint density at radius 2 is 1.17 bits per heavy atom. The van der Waals surface area contributed by atoms with E-state index in [4.69, 9.17) is 13.9 Å². The zero-order valence-corrected chi connectivity index (χ0v) is 18.3. The standard InChI is InChI=1S/C29H18O6/c30-23-18-26(33-24-14-8-7-13-22(23)24)21-15-16-25(34-28(31)19-9-3-1-4-10-19)27(17-21)35-29(32)20-11-5-2-6-12-20/h1-18H. The maximum atomic E-state index is 12.8. The Kier molecular flexibility index (Phi) is 5.92. The van der Waals surface area contributed by atoms with E-state index in [1.54, 1.807) is 91.0 Å². The van der Waals surface area contributed by atoms with Gasteiger partial charge in [-0.2, -0.15) is 0 Å². The van der Waals surface area contributed by atoms with Gasteiger partial charge in [-0.15, -0.1) is 0 Å². The summed E-state index contributed by atoms with van der Waals surface area (Å²) in [5.74, 6) is -0.884. The normalized spacial score (nSPS) is 10.6. The maximum Gasteiger partial charge on any atom is 0.343 e. The fraction of sp³-hybridized carbons (Fsp3) is 0. The molecule has 0 spiro atoms. The molecular formula is C29H18O6. The Morgan fingerprint density at radius 3 is 1.83 bits per heavy atom. The molecule has 6 nitrogen and oxygen atoms in total. The Bertz CT molecular complexity index is 1590. The summed E-state index contributed by atoms with van der Waals surface area (Å²) in [5.41, 5.74) is 1.37. The first kappa shape index (κ1) is 21.9. The molecule has 4 aromatic carbocycles. The highest BCUT2D eigenvalue weighted by molar-refractivity contribution is 5.93. The highest BCUT2D eigenvalue weighted by atomic mass is 16.6. The van der Waals surface area contributed by atoms with Gasteiger partial charge in [0.25, 0.3) is 0 Å². The molecule has 0 unspecified atom stereocenters. The molecule has 6 heteroatoms. The zero-order chi connectivity index (χ0) is 24.2. The quantitative estimate of drug-likeness (QED) is 0.239. The fourth-order valence-corrected chi connectivity index (χ4v) is 3.54. The molecule has 0 radical (unpaired) electrons. The van der Waals surface area contributed by atoms with Crippen molar-refractivity contribution in [3.05, 3.63) is 131 Å². The van der Waals surface area contributed by atoms with Crippen LogP contribution < -0.4 is 14.9 Å². The first-order chi connectivity index (χ1) is 17.1. The van der Waals surface area contributed by atoms with Crippen molar-refractivity contribution < 1.29 is 23.5 Å². The van der Waals surface area contributed by atoms with Crippen LogP contribution in [0.5, 0.6) is 11.5 Å². The molecule has 5 aromatic rings. The van der Waals surface area contributed by atoms with Gasteiger partial charge in [-0.25, -0.2) is 9.59 Å². The second-order valence-corrected chi connectivity index (χ2v) is 7.64. The molecule has 35 heavy (non-hydrogen) atoms. The average molecular weight is 462 g/mol. The monoisotopic (exact) mass is 462 g/mol. The van der Waals surface area contributed by atoms with Crippen LogP contribution in [0.2, 0.25) is 0 Å². The third-order valence-corrected chi connectivity index (χ3v) is 5.29. The van der Waals surface area contributed by atoms with Gasteiger partial charge in [0, 0.05) is 11.6 Å². The van der Waals surface area contributed by atoms with Crippen LogP contribution in [-0.2, 0) is 0 Å². The molecule has 1 aromatic heterocycles. The lowest BCUT2D eigenvalue weighted by Gasteiger charge is -2.12. The van der Waals surface area contributed by atoms with E-state index in [1.165, 1.54) is 18.2 Å². The summed E-state index contributed by atoms with van der Waals surface area (Å²) in [7, 11) is 0. The summed E-state index contributed by atoms with van der Waals surface area (Å²) in [5, 5.41) is 0.459. The first-order valence-corrected chi connectivity index (χ1v) is 10.8. The second kappa shape index (κ2) is 9.49. The van der Waals surface area contributed by atoms with Crippen molar-refractivity contribution in [2.45, 2.75) is 0 Å². The molecule has 0 bridgehead atoms. The molecule has 0 aliphatic rings. The highest BCUT2D eigenvalue weighted by Crippen LogP contribution is 2.34. The molecular weight excluding hydrogens is 444 g/mol. The first-order valence-electron chi connectivity index (χ1n) is 10.8. The van der Waals surface area contributed by atoms with E-state index in [2.05, 4.69) is 0 Å². The van der Waals surface area contributed by atoms with Crippen molar-refractivity contribution in [1.82, 2.24) is 0 Å². The van der Waals surface area contributed by atoms with Gasteiger partial charge in [-0.1, -0.05) is 48.5 Å². The predicted molar refractivity (Wildman–Crippen MR) is 131 cm³/mol. The molecule has 0 aliphatic heterocycles. The van der Waals surface area contributed by atoms with Gasteiger partial charge in [0.15, 0.2) is 16.9 Å². The SMILES string of the molecule is O=C(Oc1ccc(-c2cc(=O)c3ccccc3o2)cc1OC(=O)c1ccccc1)c1ccccc1. The third-order valence-electron chi connectivity index (χ3n) is 5.29. The average Bonchev–Trinajstić information content (AvgIpc) is 2.90. The van der Waals surface area contributed by atoms with Gasteiger partial charge in [-0.05, 0) is 54.6 Å². The lowest BCUT2D eigenvalue weighted by molar-refractivity contribution is 0.0682. The van der Waals surface area contributed by atoms with Gasteiger partial charge in [0.2, 0.25) is 0 Å². The van der Waals surface area contributed by atoms with Crippen molar-refractivity contribution in [2.24, 2.45) is 0 Å². The van der Waals surface area contributed by atoms with Crippen molar-refractivity contribution in [1.29, 1.82) is 0 Å². The number of fused-ring (bicyclic) bond motifs is 1. The van der Waals surface area contributed by atoms with Gasteiger partial charge in [0.1, 0.15) is 11.3 Å². The third kappa shape index (κ3) is 4.72. The summed E-state index contributed by atoms with van der Waals surface area (Å²) in [6.45, 7) is 0. The largest absolute Gasteiger partial charge is 0.456 e. The van der Waals surface area contributed by atoms with Crippen LogP contribution in [0.25, 0.3) is 22.3 Å². The Hall–Kier alpha value is -4.97. The van der Waals surface area contributed by atoms with E-state index in [1.807, 2.05) is 0 Å². The van der Waals surface area contributed by atoms with Gasteiger partial charge < -0.3 is 13.9 Å². The molecule has 5 rings (SSSR count). The van der Waals surface area contributed by atoms with Crippen molar-refractivity contribution in [2.75, 3.05) is 0 Å². The Balaban J connectivity index is 1.55. The summed E-state index contributed by atoms with van der Waals surface area (Å²) in [6, 6.07) is 29.8. The second-order valence-electron chi connectivity index (χ2n) is 7.64.